The van der Waals surface area contributed by atoms with Gasteiger partial charge in [-0.25, -0.2) is 4.79 Å². The largest absolute Gasteiger partial charge is 0.467 e. The average Bonchev–Trinajstić information content (AvgIpc) is 2.32. The van der Waals surface area contributed by atoms with Gasteiger partial charge in [-0.2, -0.15) is 0 Å². The quantitative estimate of drug-likeness (QED) is 0.673. The van der Waals surface area contributed by atoms with E-state index in [-0.39, 0.29) is 17.7 Å². The molecule has 0 bridgehead atoms. The molecule has 0 aliphatic rings. The van der Waals surface area contributed by atoms with Crippen LogP contribution in [-0.2, 0) is 14.3 Å². The Balaban J connectivity index is 4.56. The van der Waals surface area contributed by atoms with Crippen LogP contribution in [-0.4, -0.2) is 31.1 Å². The van der Waals surface area contributed by atoms with Gasteiger partial charge in [0, 0.05) is 0 Å². The molecule has 3 atom stereocenters. The summed E-state index contributed by atoms with van der Waals surface area (Å²) in [4.78, 5) is 23.3. The molecule has 100 valence electrons. The number of rotatable bonds is 6. The van der Waals surface area contributed by atoms with Crippen molar-refractivity contribution in [3.8, 4) is 0 Å². The van der Waals surface area contributed by atoms with Crippen molar-refractivity contribution in [2.24, 2.45) is 17.6 Å². The summed E-state index contributed by atoms with van der Waals surface area (Å²) in [6.45, 7) is 7.57. The van der Waals surface area contributed by atoms with Crippen LogP contribution >= 0.6 is 0 Å². The van der Waals surface area contributed by atoms with Crippen LogP contribution in [0.3, 0.4) is 0 Å². The average molecular weight is 244 g/mol. The minimum Gasteiger partial charge on any atom is -0.467 e. The number of methoxy groups -OCH3 is 1. The first-order chi connectivity index (χ1) is 7.84. The molecule has 5 nitrogen and oxygen atoms in total. The number of nitrogens with one attached hydrogen (secondary N) is 1. The van der Waals surface area contributed by atoms with E-state index in [1.807, 2.05) is 27.7 Å². The highest BCUT2D eigenvalue weighted by atomic mass is 16.5. The van der Waals surface area contributed by atoms with Crippen molar-refractivity contribution >= 4 is 11.9 Å². The molecule has 0 aliphatic carbocycles. The lowest BCUT2D eigenvalue weighted by molar-refractivity contribution is -0.146. The van der Waals surface area contributed by atoms with Gasteiger partial charge in [-0.15, -0.1) is 0 Å². The summed E-state index contributed by atoms with van der Waals surface area (Å²) in [6, 6.07) is -1.23. The number of ether oxygens (including phenoxy) is 1. The zero-order valence-electron chi connectivity index (χ0n) is 11.3. The molecular weight excluding hydrogens is 220 g/mol. The Morgan fingerprint density at radius 3 is 2.18 bits per heavy atom. The first kappa shape index (κ1) is 15.9. The molecule has 0 aliphatic heterocycles. The number of hydrogen-bond donors (Lipinski definition) is 2. The molecule has 0 unspecified atom stereocenters. The van der Waals surface area contributed by atoms with Crippen LogP contribution < -0.4 is 11.1 Å². The second-order valence-electron chi connectivity index (χ2n) is 4.66. The van der Waals surface area contributed by atoms with Crippen molar-refractivity contribution in [3.63, 3.8) is 0 Å². The Labute approximate surface area is 103 Å². The molecule has 0 saturated carbocycles. The molecule has 0 heterocycles. The van der Waals surface area contributed by atoms with Gasteiger partial charge in [-0.3, -0.25) is 4.79 Å². The Morgan fingerprint density at radius 2 is 1.82 bits per heavy atom. The first-order valence-corrected chi connectivity index (χ1v) is 5.98. The van der Waals surface area contributed by atoms with Gasteiger partial charge in [0.05, 0.1) is 13.2 Å². The normalized spacial score (nSPS) is 16.2. The lowest BCUT2D eigenvalue weighted by Crippen LogP contribution is -2.52. The number of carbonyl (C=O) groups excluding carboxylic acids is 2. The second-order valence-corrected chi connectivity index (χ2v) is 4.66. The number of amides is 1. The molecule has 1 amide bonds. The number of esters is 1. The van der Waals surface area contributed by atoms with Gasteiger partial charge >= 0.3 is 5.97 Å². The summed E-state index contributed by atoms with van der Waals surface area (Å²) < 4.78 is 4.65. The van der Waals surface area contributed by atoms with Crippen LogP contribution in [0.2, 0.25) is 0 Å². The molecule has 0 fully saturated rings. The lowest BCUT2D eigenvalue weighted by atomic mass is 9.98. The summed E-state index contributed by atoms with van der Waals surface area (Å²) in [5, 5.41) is 2.64. The standard InChI is InChI=1S/C12H24N2O3/c1-6-8(4)9(13)11(15)14-10(7(2)3)12(16)17-5/h7-10H,6,13H2,1-5H3,(H,14,15)/t8-,9-,10-/m1/s1. The fourth-order valence-corrected chi connectivity index (χ4v) is 1.39. The predicted octanol–water partition coefficient (Wildman–Crippen LogP) is 0.674. The van der Waals surface area contributed by atoms with Crippen LogP contribution in [0.25, 0.3) is 0 Å². The number of carbonyl (C=O) groups is 2. The maximum absolute atomic E-state index is 11.8. The molecule has 3 N–H and O–H groups in total. The lowest BCUT2D eigenvalue weighted by Gasteiger charge is -2.24. The van der Waals surface area contributed by atoms with E-state index in [1.54, 1.807) is 0 Å². The Kier molecular flexibility index (Phi) is 6.80. The minimum atomic E-state index is -0.636. The number of hydrogen-bond acceptors (Lipinski definition) is 4. The maximum Gasteiger partial charge on any atom is 0.328 e. The van der Waals surface area contributed by atoms with Crippen molar-refractivity contribution in [2.45, 2.75) is 46.2 Å². The van der Waals surface area contributed by atoms with Crippen LogP contribution in [0.5, 0.6) is 0 Å². The fraction of sp³-hybridized carbons (Fsp3) is 0.833. The highest BCUT2D eigenvalue weighted by Gasteiger charge is 2.28. The van der Waals surface area contributed by atoms with Gasteiger partial charge in [0.2, 0.25) is 5.91 Å². The molecule has 0 spiro atoms. The van der Waals surface area contributed by atoms with Gasteiger partial charge < -0.3 is 15.8 Å². The van der Waals surface area contributed by atoms with E-state index in [1.165, 1.54) is 7.11 Å². The Morgan fingerprint density at radius 1 is 1.29 bits per heavy atom. The Hall–Kier alpha value is -1.10. The zero-order valence-corrected chi connectivity index (χ0v) is 11.3. The van der Waals surface area contributed by atoms with E-state index in [0.29, 0.717) is 0 Å². The monoisotopic (exact) mass is 244 g/mol. The summed E-state index contributed by atoms with van der Waals surface area (Å²) in [6.07, 6.45) is 0.819. The molecule has 0 aromatic carbocycles. The van der Waals surface area contributed by atoms with E-state index in [9.17, 15) is 9.59 Å². The van der Waals surface area contributed by atoms with Gasteiger partial charge in [0.15, 0.2) is 0 Å². The third-order valence-electron chi connectivity index (χ3n) is 2.98. The molecule has 0 radical (unpaired) electrons. The number of nitrogens with two attached hydrogens (primary N) is 1. The summed E-state index contributed by atoms with van der Waals surface area (Å²) in [5.41, 5.74) is 5.80. The molecule has 0 saturated heterocycles. The van der Waals surface area contributed by atoms with E-state index in [4.69, 9.17) is 5.73 Å². The molecular formula is C12H24N2O3. The van der Waals surface area contributed by atoms with Gasteiger partial charge in [0.1, 0.15) is 6.04 Å². The third-order valence-corrected chi connectivity index (χ3v) is 2.98. The first-order valence-electron chi connectivity index (χ1n) is 5.98. The van der Waals surface area contributed by atoms with Gasteiger partial charge in [0.25, 0.3) is 0 Å². The Bertz CT molecular complexity index is 266. The van der Waals surface area contributed by atoms with Crippen LogP contribution in [0.1, 0.15) is 34.1 Å². The minimum absolute atomic E-state index is 0.0319. The van der Waals surface area contributed by atoms with E-state index < -0.39 is 18.1 Å². The van der Waals surface area contributed by atoms with Crippen molar-refractivity contribution in [3.05, 3.63) is 0 Å². The zero-order chi connectivity index (χ0) is 13.6. The summed E-state index contributed by atoms with van der Waals surface area (Å²) in [5.74, 6) is -0.691. The summed E-state index contributed by atoms with van der Waals surface area (Å²) in [7, 11) is 1.30. The highest BCUT2D eigenvalue weighted by molar-refractivity contribution is 5.87. The second kappa shape index (κ2) is 7.27. The van der Waals surface area contributed by atoms with E-state index >= 15 is 0 Å². The fourth-order valence-electron chi connectivity index (χ4n) is 1.39. The molecule has 17 heavy (non-hydrogen) atoms. The van der Waals surface area contributed by atoms with E-state index in [2.05, 4.69) is 10.1 Å². The van der Waals surface area contributed by atoms with Crippen molar-refractivity contribution in [2.75, 3.05) is 7.11 Å². The topological polar surface area (TPSA) is 81.4 Å². The maximum atomic E-state index is 11.8. The molecule has 5 heteroatoms. The molecule has 0 aromatic heterocycles. The third kappa shape index (κ3) is 4.73. The predicted molar refractivity (Wildman–Crippen MR) is 66.2 cm³/mol. The molecule has 0 rings (SSSR count). The smallest absolute Gasteiger partial charge is 0.328 e. The summed E-state index contributed by atoms with van der Waals surface area (Å²) >= 11 is 0. The van der Waals surface area contributed by atoms with Gasteiger partial charge in [-0.1, -0.05) is 34.1 Å². The SMILES string of the molecule is CC[C@@H](C)[C@@H](N)C(=O)N[C@@H](C(=O)OC)C(C)C. The molecule has 0 aromatic rings. The van der Waals surface area contributed by atoms with Gasteiger partial charge in [-0.05, 0) is 11.8 Å². The van der Waals surface area contributed by atoms with Crippen molar-refractivity contribution < 1.29 is 14.3 Å². The van der Waals surface area contributed by atoms with Crippen LogP contribution in [0.15, 0.2) is 0 Å². The van der Waals surface area contributed by atoms with Crippen molar-refractivity contribution in [1.29, 1.82) is 0 Å². The van der Waals surface area contributed by atoms with Crippen LogP contribution in [0, 0.1) is 11.8 Å². The van der Waals surface area contributed by atoms with Crippen LogP contribution in [0.4, 0.5) is 0 Å². The highest BCUT2D eigenvalue weighted by Crippen LogP contribution is 2.08. The van der Waals surface area contributed by atoms with Crippen molar-refractivity contribution in [1.82, 2.24) is 5.32 Å². The van der Waals surface area contributed by atoms with E-state index in [0.717, 1.165) is 6.42 Å².